The van der Waals surface area contributed by atoms with Crippen LogP contribution < -0.4 is 0 Å². The number of esters is 1. The van der Waals surface area contributed by atoms with Gasteiger partial charge in [0.15, 0.2) is 0 Å². The molecule has 0 N–H and O–H groups in total. The topological polar surface area (TPSA) is 26.3 Å². The molecule has 2 nitrogen and oxygen atoms in total. The molecule has 0 amide bonds. The highest BCUT2D eigenvalue weighted by Gasteiger charge is 2.42. The predicted octanol–water partition coefficient (Wildman–Crippen LogP) is 5.60. The van der Waals surface area contributed by atoms with Crippen molar-refractivity contribution >= 4 is 5.97 Å². The Balaban J connectivity index is 2.56. The van der Waals surface area contributed by atoms with E-state index in [1.165, 1.54) is 12.8 Å². The maximum absolute atomic E-state index is 12.2. The van der Waals surface area contributed by atoms with Crippen LogP contribution in [0.3, 0.4) is 0 Å². The minimum absolute atomic E-state index is 0.0245. The number of hydrogen-bond acceptors (Lipinski definition) is 2. The van der Waals surface area contributed by atoms with Gasteiger partial charge in [0.1, 0.15) is 6.10 Å². The minimum Gasteiger partial charge on any atom is -0.462 e. The van der Waals surface area contributed by atoms with Gasteiger partial charge in [0.05, 0.1) is 5.41 Å². The summed E-state index contributed by atoms with van der Waals surface area (Å²) in [6, 6.07) is 0. The molecule has 1 aliphatic rings. The van der Waals surface area contributed by atoms with Gasteiger partial charge in [-0.25, -0.2) is 0 Å². The Hall–Kier alpha value is -0.530. The van der Waals surface area contributed by atoms with Crippen molar-refractivity contribution in [2.45, 2.75) is 93.6 Å². The molecule has 0 aromatic rings. The first-order valence-electron chi connectivity index (χ1n) is 8.63. The molecule has 0 saturated heterocycles. The van der Waals surface area contributed by atoms with Gasteiger partial charge >= 0.3 is 5.97 Å². The van der Waals surface area contributed by atoms with Gasteiger partial charge in [0, 0.05) is 0 Å². The van der Waals surface area contributed by atoms with Crippen LogP contribution in [0.1, 0.15) is 87.5 Å². The van der Waals surface area contributed by atoms with Gasteiger partial charge in [-0.15, -0.1) is 0 Å². The summed E-state index contributed by atoms with van der Waals surface area (Å²) < 4.78 is 5.75. The van der Waals surface area contributed by atoms with E-state index in [9.17, 15) is 4.79 Å². The zero-order valence-corrected chi connectivity index (χ0v) is 15.5. The Morgan fingerprint density at radius 1 is 0.952 bits per heavy atom. The average molecular weight is 296 g/mol. The van der Waals surface area contributed by atoms with E-state index in [1.54, 1.807) is 0 Å². The van der Waals surface area contributed by atoms with Crippen LogP contribution in [0.5, 0.6) is 0 Å². The summed E-state index contributed by atoms with van der Waals surface area (Å²) in [6.45, 7) is 17.8. The van der Waals surface area contributed by atoms with Gasteiger partial charge in [-0.05, 0) is 62.7 Å². The molecule has 1 saturated carbocycles. The van der Waals surface area contributed by atoms with Crippen LogP contribution >= 0.6 is 0 Å². The highest BCUT2D eigenvalue weighted by atomic mass is 16.5. The second-order valence-electron chi connectivity index (χ2n) is 9.09. The zero-order valence-electron chi connectivity index (χ0n) is 15.5. The SMILES string of the molecule is CCC(C)(C)C(=O)OC1CCC(C(C)(C)C(C)(C)C)CC1. The van der Waals surface area contributed by atoms with Gasteiger partial charge in [-0.3, -0.25) is 4.79 Å². The third-order valence-corrected chi connectivity index (χ3v) is 6.34. The molecule has 0 aromatic carbocycles. The maximum atomic E-state index is 12.2. The third kappa shape index (κ3) is 4.23. The molecular weight excluding hydrogens is 260 g/mol. The number of carbonyl (C=O) groups is 1. The molecule has 0 bridgehead atoms. The van der Waals surface area contributed by atoms with Crippen molar-refractivity contribution < 1.29 is 9.53 Å². The highest BCUT2D eigenvalue weighted by molar-refractivity contribution is 5.75. The van der Waals surface area contributed by atoms with Crippen LogP contribution in [0, 0.1) is 22.2 Å². The van der Waals surface area contributed by atoms with Crippen molar-refractivity contribution in [3.05, 3.63) is 0 Å². The zero-order chi connectivity index (χ0) is 16.5. The fraction of sp³-hybridized carbons (Fsp3) is 0.947. The summed E-state index contributed by atoms with van der Waals surface area (Å²) in [6.07, 6.45) is 5.36. The minimum atomic E-state index is -0.346. The fourth-order valence-electron chi connectivity index (χ4n) is 2.97. The molecule has 1 fully saturated rings. The van der Waals surface area contributed by atoms with Crippen molar-refractivity contribution in [1.82, 2.24) is 0 Å². The van der Waals surface area contributed by atoms with Crippen LogP contribution in [0.2, 0.25) is 0 Å². The van der Waals surface area contributed by atoms with E-state index in [0.29, 0.717) is 10.8 Å². The molecule has 0 heterocycles. The predicted molar refractivity (Wildman–Crippen MR) is 89.1 cm³/mol. The highest BCUT2D eigenvalue weighted by Crippen LogP contribution is 2.49. The quantitative estimate of drug-likeness (QED) is 0.631. The molecule has 0 spiro atoms. The van der Waals surface area contributed by atoms with Crippen molar-refractivity contribution in [2.24, 2.45) is 22.2 Å². The molecule has 0 aromatic heterocycles. The summed E-state index contributed by atoms with van der Waals surface area (Å²) in [5.74, 6) is 0.704. The number of rotatable bonds is 4. The number of carbonyl (C=O) groups excluding carboxylic acids is 1. The normalized spacial score (nSPS) is 24.8. The monoisotopic (exact) mass is 296 g/mol. The van der Waals surface area contributed by atoms with Crippen molar-refractivity contribution in [3.8, 4) is 0 Å². The molecule has 2 heteroatoms. The molecular formula is C19H36O2. The summed E-state index contributed by atoms with van der Waals surface area (Å²) in [7, 11) is 0. The molecule has 0 atom stereocenters. The van der Waals surface area contributed by atoms with Gasteiger partial charge in [-0.2, -0.15) is 0 Å². The van der Waals surface area contributed by atoms with E-state index in [2.05, 4.69) is 34.6 Å². The lowest BCUT2D eigenvalue weighted by atomic mass is 9.58. The first-order chi connectivity index (χ1) is 9.41. The Bertz CT molecular complexity index is 352. The van der Waals surface area contributed by atoms with E-state index in [-0.39, 0.29) is 17.5 Å². The lowest BCUT2D eigenvalue weighted by molar-refractivity contribution is -0.162. The third-order valence-electron chi connectivity index (χ3n) is 6.34. The van der Waals surface area contributed by atoms with Gasteiger partial charge in [0.2, 0.25) is 0 Å². The van der Waals surface area contributed by atoms with Crippen molar-refractivity contribution in [1.29, 1.82) is 0 Å². The lowest BCUT2D eigenvalue weighted by Gasteiger charge is -2.47. The van der Waals surface area contributed by atoms with Gasteiger partial charge in [0.25, 0.3) is 0 Å². The number of hydrogen-bond donors (Lipinski definition) is 0. The Morgan fingerprint density at radius 3 is 1.81 bits per heavy atom. The molecule has 0 aliphatic heterocycles. The van der Waals surface area contributed by atoms with Crippen LogP contribution in [0.4, 0.5) is 0 Å². The Morgan fingerprint density at radius 2 is 1.43 bits per heavy atom. The summed E-state index contributed by atoms with van der Waals surface area (Å²) in [4.78, 5) is 12.2. The Kier molecular flexibility index (Phi) is 5.56. The first-order valence-corrected chi connectivity index (χ1v) is 8.63. The molecule has 0 radical (unpaired) electrons. The second kappa shape index (κ2) is 6.30. The van der Waals surface area contributed by atoms with E-state index in [4.69, 9.17) is 4.74 Å². The molecule has 21 heavy (non-hydrogen) atoms. The molecule has 1 aliphatic carbocycles. The largest absolute Gasteiger partial charge is 0.462 e. The number of ether oxygens (including phenoxy) is 1. The Labute approximate surface area is 132 Å². The standard InChI is InChI=1S/C19H36O2/c1-9-18(5,6)16(20)21-15-12-10-14(11-13-15)19(7,8)17(2,3)4/h14-15H,9-13H2,1-8H3. The van der Waals surface area contributed by atoms with E-state index in [0.717, 1.165) is 25.2 Å². The van der Waals surface area contributed by atoms with Crippen LogP contribution in [0.25, 0.3) is 0 Å². The van der Waals surface area contributed by atoms with Gasteiger partial charge in [-0.1, -0.05) is 41.5 Å². The summed E-state index contributed by atoms with van der Waals surface area (Å²) in [5.41, 5.74) is 0.289. The summed E-state index contributed by atoms with van der Waals surface area (Å²) >= 11 is 0. The van der Waals surface area contributed by atoms with Crippen LogP contribution in [-0.2, 0) is 9.53 Å². The van der Waals surface area contributed by atoms with Crippen LogP contribution in [-0.4, -0.2) is 12.1 Å². The molecule has 1 rings (SSSR count). The lowest BCUT2D eigenvalue weighted by Crippen LogP contribution is -2.40. The fourth-order valence-corrected chi connectivity index (χ4v) is 2.97. The molecule has 124 valence electrons. The van der Waals surface area contributed by atoms with Gasteiger partial charge < -0.3 is 4.74 Å². The van der Waals surface area contributed by atoms with Crippen LogP contribution in [0.15, 0.2) is 0 Å². The smallest absolute Gasteiger partial charge is 0.311 e. The van der Waals surface area contributed by atoms with Crippen molar-refractivity contribution in [2.75, 3.05) is 0 Å². The average Bonchev–Trinajstić information content (AvgIpc) is 2.38. The van der Waals surface area contributed by atoms with Crippen molar-refractivity contribution in [3.63, 3.8) is 0 Å². The van der Waals surface area contributed by atoms with E-state index in [1.807, 2.05) is 20.8 Å². The second-order valence-corrected chi connectivity index (χ2v) is 9.09. The van der Waals surface area contributed by atoms with E-state index < -0.39 is 0 Å². The summed E-state index contributed by atoms with van der Waals surface area (Å²) in [5, 5.41) is 0. The first kappa shape index (κ1) is 18.5. The van der Waals surface area contributed by atoms with E-state index >= 15 is 0 Å². The molecule has 0 unspecified atom stereocenters. The maximum Gasteiger partial charge on any atom is 0.311 e.